The molecule has 2 rings (SSSR count). The lowest BCUT2D eigenvalue weighted by Gasteiger charge is -2.44. The summed E-state index contributed by atoms with van der Waals surface area (Å²) in [6.45, 7) is 7.03. The lowest BCUT2D eigenvalue weighted by atomic mass is 10.1. The number of carbonyl (C=O) groups is 1. The summed E-state index contributed by atoms with van der Waals surface area (Å²) in [5, 5.41) is 0. The second-order valence-electron chi connectivity index (χ2n) is 6.35. The standard InChI is InChI=1S/C16H24N2O3/c1-16(2,3)21-15(19)18-10-13(11-18)17(4)12-6-8-14(20-5)9-7-12/h6-9,13H,10-11H2,1-5H3. The quantitative estimate of drug-likeness (QED) is 0.859. The van der Waals surface area contributed by atoms with E-state index in [-0.39, 0.29) is 6.09 Å². The first-order valence-corrected chi connectivity index (χ1v) is 7.15. The summed E-state index contributed by atoms with van der Waals surface area (Å²) in [6, 6.07) is 8.25. The maximum atomic E-state index is 11.9. The molecular formula is C16H24N2O3. The van der Waals surface area contributed by atoms with Gasteiger partial charge in [-0.3, -0.25) is 0 Å². The van der Waals surface area contributed by atoms with Gasteiger partial charge < -0.3 is 19.3 Å². The Hall–Kier alpha value is -1.91. The van der Waals surface area contributed by atoms with Crippen molar-refractivity contribution >= 4 is 11.8 Å². The molecule has 0 N–H and O–H groups in total. The van der Waals surface area contributed by atoms with Gasteiger partial charge in [0.1, 0.15) is 11.4 Å². The van der Waals surface area contributed by atoms with Crippen molar-refractivity contribution in [1.82, 2.24) is 4.90 Å². The van der Waals surface area contributed by atoms with E-state index < -0.39 is 5.60 Å². The van der Waals surface area contributed by atoms with Crippen LogP contribution in [0.5, 0.6) is 5.75 Å². The van der Waals surface area contributed by atoms with Gasteiger partial charge in [0.15, 0.2) is 0 Å². The fourth-order valence-corrected chi connectivity index (χ4v) is 2.20. The Kier molecular flexibility index (Phi) is 4.30. The van der Waals surface area contributed by atoms with Gasteiger partial charge in [0.2, 0.25) is 0 Å². The third-order valence-corrected chi connectivity index (χ3v) is 3.54. The van der Waals surface area contributed by atoms with Crippen molar-refractivity contribution < 1.29 is 14.3 Å². The summed E-state index contributed by atoms with van der Waals surface area (Å²) < 4.78 is 10.5. The summed E-state index contributed by atoms with van der Waals surface area (Å²) in [5.41, 5.74) is 0.675. The van der Waals surface area contributed by atoms with E-state index in [2.05, 4.69) is 4.90 Å². The number of benzene rings is 1. The van der Waals surface area contributed by atoms with Crippen LogP contribution in [0.3, 0.4) is 0 Å². The molecule has 1 amide bonds. The minimum absolute atomic E-state index is 0.234. The highest BCUT2D eigenvalue weighted by Gasteiger charge is 2.35. The average molecular weight is 292 g/mol. The van der Waals surface area contributed by atoms with Gasteiger partial charge in [0, 0.05) is 25.8 Å². The van der Waals surface area contributed by atoms with E-state index in [4.69, 9.17) is 9.47 Å². The van der Waals surface area contributed by atoms with Crippen LogP contribution in [-0.4, -0.2) is 49.9 Å². The lowest BCUT2D eigenvalue weighted by Crippen LogP contribution is -2.61. The Morgan fingerprint density at radius 3 is 2.29 bits per heavy atom. The molecule has 1 aromatic carbocycles. The molecule has 1 heterocycles. The van der Waals surface area contributed by atoms with Crippen LogP contribution in [0.1, 0.15) is 20.8 Å². The largest absolute Gasteiger partial charge is 0.497 e. The van der Waals surface area contributed by atoms with E-state index in [1.165, 1.54) is 0 Å². The number of hydrogen-bond acceptors (Lipinski definition) is 4. The van der Waals surface area contributed by atoms with E-state index in [0.29, 0.717) is 19.1 Å². The molecule has 5 heteroatoms. The van der Waals surface area contributed by atoms with Crippen molar-refractivity contribution in [2.45, 2.75) is 32.4 Å². The van der Waals surface area contributed by atoms with E-state index >= 15 is 0 Å². The van der Waals surface area contributed by atoms with E-state index in [0.717, 1.165) is 11.4 Å². The zero-order valence-corrected chi connectivity index (χ0v) is 13.4. The fourth-order valence-electron chi connectivity index (χ4n) is 2.20. The smallest absolute Gasteiger partial charge is 0.410 e. The molecule has 1 aliphatic rings. The van der Waals surface area contributed by atoms with E-state index in [1.807, 2.05) is 52.1 Å². The molecule has 1 aromatic rings. The summed E-state index contributed by atoms with van der Waals surface area (Å²) in [6.07, 6.45) is -0.234. The van der Waals surface area contributed by atoms with Crippen LogP contribution in [0.2, 0.25) is 0 Å². The molecule has 0 unspecified atom stereocenters. The van der Waals surface area contributed by atoms with Crippen molar-refractivity contribution in [3.05, 3.63) is 24.3 Å². The Bertz CT molecular complexity index is 487. The molecule has 0 aromatic heterocycles. The molecule has 0 bridgehead atoms. The second-order valence-corrected chi connectivity index (χ2v) is 6.35. The first-order chi connectivity index (χ1) is 9.80. The number of rotatable bonds is 3. The molecule has 0 saturated carbocycles. The first kappa shape index (κ1) is 15.5. The van der Waals surface area contributed by atoms with Crippen LogP contribution in [0, 0.1) is 0 Å². The molecule has 116 valence electrons. The predicted molar refractivity (Wildman–Crippen MR) is 83.0 cm³/mol. The Morgan fingerprint density at radius 1 is 1.24 bits per heavy atom. The third kappa shape index (κ3) is 3.80. The van der Waals surface area contributed by atoms with Gasteiger partial charge in [-0.1, -0.05) is 0 Å². The van der Waals surface area contributed by atoms with Gasteiger partial charge in [-0.05, 0) is 45.0 Å². The number of hydrogen-bond donors (Lipinski definition) is 0. The molecule has 1 aliphatic heterocycles. The molecular weight excluding hydrogens is 268 g/mol. The van der Waals surface area contributed by atoms with Gasteiger partial charge >= 0.3 is 6.09 Å². The van der Waals surface area contributed by atoms with Crippen LogP contribution < -0.4 is 9.64 Å². The molecule has 1 saturated heterocycles. The van der Waals surface area contributed by atoms with Crippen LogP contribution in [0.4, 0.5) is 10.5 Å². The fraction of sp³-hybridized carbons (Fsp3) is 0.562. The van der Waals surface area contributed by atoms with Crippen LogP contribution in [0.25, 0.3) is 0 Å². The van der Waals surface area contributed by atoms with Crippen molar-refractivity contribution in [3.63, 3.8) is 0 Å². The number of ether oxygens (including phenoxy) is 2. The molecule has 0 radical (unpaired) electrons. The SMILES string of the molecule is COc1ccc(N(C)C2CN(C(=O)OC(C)(C)C)C2)cc1. The third-order valence-electron chi connectivity index (χ3n) is 3.54. The number of likely N-dealkylation sites (tertiary alicyclic amines) is 1. The number of nitrogens with zero attached hydrogens (tertiary/aromatic N) is 2. The van der Waals surface area contributed by atoms with Crippen molar-refractivity contribution in [2.24, 2.45) is 0 Å². The van der Waals surface area contributed by atoms with Gasteiger partial charge in [0.05, 0.1) is 13.2 Å². The molecule has 0 spiro atoms. The van der Waals surface area contributed by atoms with Crippen LogP contribution in [-0.2, 0) is 4.74 Å². The summed E-state index contributed by atoms with van der Waals surface area (Å²) in [4.78, 5) is 15.8. The van der Waals surface area contributed by atoms with Gasteiger partial charge in [0.25, 0.3) is 0 Å². The highest BCUT2D eigenvalue weighted by molar-refractivity contribution is 5.70. The van der Waals surface area contributed by atoms with E-state index in [9.17, 15) is 4.79 Å². The number of carbonyl (C=O) groups excluding carboxylic acids is 1. The molecule has 0 aliphatic carbocycles. The zero-order chi connectivity index (χ0) is 15.6. The van der Waals surface area contributed by atoms with Gasteiger partial charge in [-0.15, -0.1) is 0 Å². The minimum Gasteiger partial charge on any atom is -0.497 e. The number of methoxy groups -OCH3 is 1. The Labute approximate surface area is 126 Å². The summed E-state index contributed by atoms with van der Waals surface area (Å²) in [5.74, 6) is 0.844. The van der Waals surface area contributed by atoms with Crippen molar-refractivity contribution in [2.75, 3.05) is 32.1 Å². The van der Waals surface area contributed by atoms with Crippen LogP contribution in [0.15, 0.2) is 24.3 Å². The molecule has 1 fully saturated rings. The lowest BCUT2D eigenvalue weighted by molar-refractivity contribution is 0.00852. The van der Waals surface area contributed by atoms with E-state index in [1.54, 1.807) is 12.0 Å². The maximum absolute atomic E-state index is 11.9. The van der Waals surface area contributed by atoms with Gasteiger partial charge in [-0.25, -0.2) is 4.79 Å². The highest BCUT2D eigenvalue weighted by atomic mass is 16.6. The Morgan fingerprint density at radius 2 is 1.81 bits per heavy atom. The topological polar surface area (TPSA) is 42.0 Å². The molecule has 5 nitrogen and oxygen atoms in total. The minimum atomic E-state index is -0.440. The van der Waals surface area contributed by atoms with Crippen molar-refractivity contribution in [1.29, 1.82) is 0 Å². The summed E-state index contributed by atoms with van der Waals surface area (Å²) in [7, 11) is 3.70. The molecule has 21 heavy (non-hydrogen) atoms. The Balaban J connectivity index is 1.87. The summed E-state index contributed by atoms with van der Waals surface area (Å²) >= 11 is 0. The normalized spacial score (nSPS) is 15.4. The predicted octanol–water partition coefficient (Wildman–Crippen LogP) is 2.75. The number of anilines is 1. The second kappa shape index (κ2) is 5.84. The maximum Gasteiger partial charge on any atom is 0.410 e. The zero-order valence-electron chi connectivity index (χ0n) is 13.4. The average Bonchev–Trinajstić information content (AvgIpc) is 2.34. The monoisotopic (exact) mass is 292 g/mol. The molecule has 0 atom stereocenters. The number of likely N-dealkylation sites (N-methyl/N-ethyl adjacent to an activating group) is 1. The van der Waals surface area contributed by atoms with Gasteiger partial charge in [-0.2, -0.15) is 0 Å². The van der Waals surface area contributed by atoms with Crippen molar-refractivity contribution in [3.8, 4) is 5.75 Å². The first-order valence-electron chi connectivity index (χ1n) is 7.15. The number of amides is 1. The highest BCUT2D eigenvalue weighted by Crippen LogP contribution is 2.24. The van der Waals surface area contributed by atoms with Crippen LogP contribution >= 0.6 is 0 Å².